The molecule has 19 heavy (non-hydrogen) atoms. The summed E-state index contributed by atoms with van der Waals surface area (Å²) in [5.41, 5.74) is 2.20. The maximum absolute atomic E-state index is 5.22. The highest BCUT2D eigenvalue weighted by atomic mass is 16.5. The summed E-state index contributed by atoms with van der Waals surface area (Å²) >= 11 is 0. The Labute approximate surface area is 114 Å². The molecule has 1 N–H and O–H groups in total. The first-order valence-electron chi connectivity index (χ1n) is 6.20. The van der Waals surface area contributed by atoms with Gasteiger partial charge in [0.05, 0.1) is 12.8 Å². The Morgan fingerprint density at radius 2 is 2.05 bits per heavy atom. The minimum Gasteiger partial charge on any atom is -0.497 e. The molecule has 100 valence electrons. The highest BCUT2D eigenvalue weighted by molar-refractivity contribution is 5.64. The molecule has 2 aromatic rings. The second-order valence-electron chi connectivity index (χ2n) is 4.47. The fraction of sp³-hybridized carbons (Fsp3) is 0.267. The molecule has 4 nitrogen and oxygen atoms in total. The molecule has 0 aliphatic carbocycles. The summed E-state index contributed by atoms with van der Waals surface area (Å²) < 4.78 is 5.22. The molecule has 0 bridgehead atoms. The van der Waals surface area contributed by atoms with Crippen LogP contribution >= 0.6 is 0 Å². The van der Waals surface area contributed by atoms with Gasteiger partial charge in [0, 0.05) is 26.8 Å². The Bertz CT molecular complexity index is 540. The number of benzene rings is 1. The van der Waals surface area contributed by atoms with Crippen LogP contribution in [0.1, 0.15) is 5.56 Å². The number of anilines is 2. The summed E-state index contributed by atoms with van der Waals surface area (Å²) in [6.07, 6.45) is 1.80. The molecule has 0 atom stereocenters. The molecule has 1 aromatic heterocycles. The maximum atomic E-state index is 5.22. The van der Waals surface area contributed by atoms with Crippen LogP contribution in [0.5, 0.6) is 5.75 Å². The van der Waals surface area contributed by atoms with Gasteiger partial charge in [0.2, 0.25) is 0 Å². The van der Waals surface area contributed by atoms with Crippen molar-refractivity contribution in [1.29, 1.82) is 0 Å². The van der Waals surface area contributed by atoms with Crippen LogP contribution in [0.4, 0.5) is 11.5 Å². The molecule has 2 rings (SSSR count). The van der Waals surface area contributed by atoms with E-state index < -0.39 is 0 Å². The van der Waals surface area contributed by atoms with Gasteiger partial charge in [-0.05, 0) is 29.8 Å². The monoisotopic (exact) mass is 257 g/mol. The predicted octanol–water partition coefficient (Wildman–Crippen LogP) is 2.77. The quantitative estimate of drug-likeness (QED) is 0.893. The standard InChI is InChI=1S/C15H19N3O/c1-18(2)15-14(8-5-9-16-15)17-11-12-6-4-7-13(10-12)19-3/h4-10,17H,11H2,1-3H3. The van der Waals surface area contributed by atoms with Crippen molar-refractivity contribution >= 4 is 11.5 Å². The molecule has 4 heteroatoms. The zero-order valence-corrected chi connectivity index (χ0v) is 11.6. The fourth-order valence-electron chi connectivity index (χ4n) is 1.87. The van der Waals surface area contributed by atoms with E-state index in [1.54, 1.807) is 13.3 Å². The minimum absolute atomic E-state index is 0.740. The Hall–Kier alpha value is -2.23. The van der Waals surface area contributed by atoms with Crippen LogP contribution in [0.2, 0.25) is 0 Å². The van der Waals surface area contributed by atoms with Gasteiger partial charge in [0.25, 0.3) is 0 Å². The third-order valence-corrected chi connectivity index (χ3v) is 2.83. The number of pyridine rings is 1. The number of nitrogens with zero attached hydrogens (tertiary/aromatic N) is 2. The highest BCUT2D eigenvalue weighted by Gasteiger charge is 2.04. The lowest BCUT2D eigenvalue weighted by Gasteiger charge is -2.17. The van der Waals surface area contributed by atoms with Crippen LogP contribution < -0.4 is 15.0 Å². The number of ether oxygens (including phenoxy) is 1. The van der Waals surface area contributed by atoms with E-state index in [0.717, 1.165) is 23.8 Å². The zero-order chi connectivity index (χ0) is 13.7. The average molecular weight is 257 g/mol. The van der Waals surface area contributed by atoms with Crippen LogP contribution in [-0.2, 0) is 6.54 Å². The van der Waals surface area contributed by atoms with Gasteiger partial charge >= 0.3 is 0 Å². The summed E-state index contributed by atoms with van der Waals surface area (Å²) in [4.78, 5) is 6.36. The zero-order valence-electron chi connectivity index (χ0n) is 11.6. The fourth-order valence-corrected chi connectivity index (χ4v) is 1.87. The van der Waals surface area contributed by atoms with E-state index in [1.165, 1.54) is 5.56 Å². The number of hydrogen-bond acceptors (Lipinski definition) is 4. The Morgan fingerprint density at radius 3 is 2.79 bits per heavy atom. The Balaban J connectivity index is 2.10. The van der Waals surface area contributed by atoms with Crippen LogP contribution in [0.25, 0.3) is 0 Å². The van der Waals surface area contributed by atoms with Gasteiger partial charge in [-0.25, -0.2) is 4.98 Å². The number of methoxy groups -OCH3 is 1. The number of aromatic nitrogens is 1. The smallest absolute Gasteiger partial charge is 0.151 e. The summed E-state index contributed by atoms with van der Waals surface area (Å²) in [6.45, 7) is 0.740. The van der Waals surface area contributed by atoms with E-state index >= 15 is 0 Å². The average Bonchev–Trinajstić information content (AvgIpc) is 2.45. The molecule has 0 spiro atoms. The third kappa shape index (κ3) is 3.37. The summed E-state index contributed by atoms with van der Waals surface area (Å²) in [6, 6.07) is 12.0. The molecule has 0 radical (unpaired) electrons. The molecular weight excluding hydrogens is 238 g/mol. The van der Waals surface area contributed by atoms with Crippen molar-refractivity contribution in [3.8, 4) is 5.75 Å². The van der Waals surface area contributed by atoms with Crippen molar-refractivity contribution in [2.45, 2.75) is 6.54 Å². The van der Waals surface area contributed by atoms with Crippen molar-refractivity contribution in [2.75, 3.05) is 31.4 Å². The first-order valence-corrected chi connectivity index (χ1v) is 6.20. The van der Waals surface area contributed by atoms with Crippen molar-refractivity contribution in [3.05, 3.63) is 48.2 Å². The SMILES string of the molecule is COc1cccc(CNc2cccnc2N(C)C)c1. The topological polar surface area (TPSA) is 37.4 Å². The second kappa shape index (κ2) is 6.09. The Morgan fingerprint density at radius 1 is 1.21 bits per heavy atom. The van der Waals surface area contributed by atoms with Gasteiger partial charge in [-0.1, -0.05) is 12.1 Å². The van der Waals surface area contributed by atoms with Crippen LogP contribution in [0.3, 0.4) is 0 Å². The van der Waals surface area contributed by atoms with Crippen LogP contribution in [-0.4, -0.2) is 26.2 Å². The van der Waals surface area contributed by atoms with Gasteiger partial charge in [0.15, 0.2) is 5.82 Å². The van der Waals surface area contributed by atoms with Gasteiger partial charge in [-0.15, -0.1) is 0 Å². The van der Waals surface area contributed by atoms with E-state index in [2.05, 4.69) is 16.4 Å². The molecule has 0 amide bonds. The molecule has 0 aliphatic heterocycles. The van der Waals surface area contributed by atoms with Gasteiger partial charge in [-0.2, -0.15) is 0 Å². The maximum Gasteiger partial charge on any atom is 0.151 e. The molecular formula is C15H19N3O. The summed E-state index contributed by atoms with van der Waals surface area (Å²) in [7, 11) is 5.65. The second-order valence-corrected chi connectivity index (χ2v) is 4.47. The lowest BCUT2D eigenvalue weighted by Crippen LogP contribution is -2.13. The van der Waals surface area contributed by atoms with Crippen LogP contribution in [0.15, 0.2) is 42.6 Å². The van der Waals surface area contributed by atoms with Crippen molar-refractivity contribution in [2.24, 2.45) is 0 Å². The first kappa shape index (κ1) is 13.2. The normalized spacial score (nSPS) is 10.1. The minimum atomic E-state index is 0.740. The molecule has 0 saturated carbocycles. The van der Waals surface area contributed by atoms with E-state index in [9.17, 15) is 0 Å². The number of nitrogens with one attached hydrogen (secondary N) is 1. The molecule has 0 saturated heterocycles. The summed E-state index contributed by atoms with van der Waals surface area (Å²) in [5, 5.41) is 3.40. The lowest BCUT2D eigenvalue weighted by atomic mass is 10.2. The predicted molar refractivity (Wildman–Crippen MR) is 78.9 cm³/mol. The summed E-state index contributed by atoms with van der Waals surface area (Å²) in [5.74, 6) is 1.81. The van der Waals surface area contributed by atoms with Gasteiger partial charge in [0.1, 0.15) is 5.75 Å². The molecule has 0 aliphatic rings. The molecule has 1 heterocycles. The lowest BCUT2D eigenvalue weighted by molar-refractivity contribution is 0.414. The highest BCUT2D eigenvalue weighted by Crippen LogP contribution is 2.21. The Kier molecular flexibility index (Phi) is 4.23. The molecule has 0 unspecified atom stereocenters. The molecule has 1 aromatic carbocycles. The van der Waals surface area contributed by atoms with E-state index in [4.69, 9.17) is 4.74 Å². The van der Waals surface area contributed by atoms with E-state index in [-0.39, 0.29) is 0 Å². The number of rotatable bonds is 5. The third-order valence-electron chi connectivity index (χ3n) is 2.83. The van der Waals surface area contributed by atoms with Crippen LogP contribution in [0, 0.1) is 0 Å². The van der Waals surface area contributed by atoms with Crippen molar-refractivity contribution < 1.29 is 4.74 Å². The number of hydrogen-bond donors (Lipinski definition) is 1. The molecule has 0 fully saturated rings. The van der Waals surface area contributed by atoms with Crippen molar-refractivity contribution in [1.82, 2.24) is 4.98 Å². The van der Waals surface area contributed by atoms with Gasteiger partial charge in [-0.3, -0.25) is 0 Å². The van der Waals surface area contributed by atoms with Crippen molar-refractivity contribution in [3.63, 3.8) is 0 Å². The van der Waals surface area contributed by atoms with Gasteiger partial charge < -0.3 is 15.0 Å². The first-order chi connectivity index (χ1) is 9.20. The van der Waals surface area contributed by atoms with E-state index in [1.807, 2.05) is 49.3 Å². The van der Waals surface area contributed by atoms with E-state index in [0.29, 0.717) is 0 Å². The largest absolute Gasteiger partial charge is 0.497 e.